The molecule has 0 bridgehead atoms. The maximum Gasteiger partial charge on any atom is 0.0617 e. The van der Waals surface area contributed by atoms with Gasteiger partial charge in [0.25, 0.3) is 0 Å². The highest BCUT2D eigenvalue weighted by atomic mass is 79.9. The van der Waals surface area contributed by atoms with E-state index in [1.165, 1.54) is 20.2 Å². The van der Waals surface area contributed by atoms with E-state index < -0.39 is 0 Å². The number of anilines is 1. The second kappa shape index (κ2) is 3.72. The molecule has 2 N–H and O–H groups in total. The predicted octanol–water partition coefficient (Wildman–Crippen LogP) is 5.16. The van der Waals surface area contributed by atoms with E-state index in [-0.39, 0.29) is 0 Å². The molecule has 1 heterocycles. The molecule has 0 saturated carbocycles. The molecule has 0 atom stereocenters. The molecule has 0 fully saturated rings. The first kappa shape index (κ1) is 10.6. The second-order valence-electron chi connectivity index (χ2n) is 3.56. The molecular weight excluding hydrogens is 350 g/mol. The number of nitrogens with two attached hydrogens (primary N) is 1. The van der Waals surface area contributed by atoms with E-state index in [4.69, 9.17) is 5.73 Å². The van der Waals surface area contributed by atoms with E-state index in [0.29, 0.717) is 0 Å². The molecule has 1 nitrogen and oxygen atoms in total. The largest absolute Gasteiger partial charge is 0.397 e. The standard InChI is InChI=1S/C12H7Br2NS/c13-8-5-7-6-3-1-2-4-9(6)16-12(7)10(14)11(8)15/h1-5H,15H2. The quantitative estimate of drug-likeness (QED) is 0.553. The number of hydrogen-bond acceptors (Lipinski definition) is 2. The summed E-state index contributed by atoms with van der Waals surface area (Å²) >= 11 is 8.82. The number of nitrogen functional groups attached to an aromatic ring is 1. The van der Waals surface area contributed by atoms with E-state index in [1.807, 2.05) is 0 Å². The molecule has 4 heteroatoms. The first-order valence-electron chi connectivity index (χ1n) is 4.73. The highest BCUT2D eigenvalue weighted by Gasteiger charge is 2.12. The van der Waals surface area contributed by atoms with Crippen molar-refractivity contribution in [3.05, 3.63) is 39.3 Å². The van der Waals surface area contributed by atoms with Gasteiger partial charge in [0, 0.05) is 19.9 Å². The van der Waals surface area contributed by atoms with E-state index in [9.17, 15) is 0 Å². The monoisotopic (exact) mass is 355 g/mol. The molecule has 0 saturated heterocycles. The fraction of sp³-hybridized carbons (Fsp3) is 0. The Morgan fingerprint density at radius 3 is 2.62 bits per heavy atom. The van der Waals surface area contributed by atoms with Gasteiger partial charge < -0.3 is 5.73 Å². The van der Waals surface area contributed by atoms with Gasteiger partial charge in [0.1, 0.15) is 0 Å². The van der Waals surface area contributed by atoms with E-state index in [1.54, 1.807) is 11.3 Å². The van der Waals surface area contributed by atoms with Crippen molar-refractivity contribution in [3.8, 4) is 0 Å². The summed E-state index contributed by atoms with van der Waals surface area (Å²) in [6, 6.07) is 10.5. The number of fused-ring (bicyclic) bond motifs is 3. The van der Waals surface area contributed by atoms with Crippen LogP contribution in [-0.4, -0.2) is 0 Å². The summed E-state index contributed by atoms with van der Waals surface area (Å²) in [6.07, 6.45) is 0. The van der Waals surface area contributed by atoms with Crippen molar-refractivity contribution in [3.63, 3.8) is 0 Å². The smallest absolute Gasteiger partial charge is 0.0617 e. The Bertz CT molecular complexity index is 703. The van der Waals surface area contributed by atoms with Crippen molar-refractivity contribution in [2.24, 2.45) is 0 Å². The zero-order valence-electron chi connectivity index (χ0n) is 8.13. The van der Waals surface area contributed by atoms with Gasteiger partial charge in [0.05, 0.1) is 14.9 Å². The molecule has 3 rings (SSSR count). The molecule has 0 unspecified atom stereocenters. The molecule has 2 aromatic carbocycles. The number of hydrogen-bond donors (Lipinski definition) is 1. The molecule has 3 aromatic rings. The summed E-state index contributed by atoms with van der Waals surface area (Å²) in [5, 5.41) is 2.53. The van der Waals surface area contributed by atoms with Crippen molar-refractivity contribution < 1.29 is 0 Å². The lowest BCUT2D eigenvalue weighted by molar-refractivity contribution is 1.68. The Kier molecular flexibility index (Phi) is 2.46. The van der Waals surface area contributed by atoms with Crippen LogP contribution in [-0.2, 0) is 0 Å². The molecule has 1 aromatic heterocycles. The number of rotatable bonds is 0. The minimum Gasteiger partial charge on any atom is -0.397 e. The third-order valence-corrected chi connectivity index (χ3v) is 5.54. The van der Waals surface area contributed by atoms with Crippen LogP contribution in [0.15, 0.2) is 39.3 Å². The summed E-state index contributed by atoms with van der Waals surface area (Å²) in [4.78, 5) is 0. The van der Waals surface area contributed by atoms with Crippen LogP contribution < -0.4 is 5.73 Å². The number of halogens is 2. The lowest BCUT2D eigenvalue weighted by Crippen LogP contribution is -1.87. The van der Waals surface area contributed by atoms with Gasteiger partial charge in [-0.3, -0.25) is 0 Å². The summed E-state index contributed by atoms with van der Waals surface area (Å²) in [7, 11) is 0. The molecule has 80 valence electrons. The summed E-state index contributed by atoms with van der Waals surface area (Å²) in [5.74, 6) is 0. The van der Waals surface area contributed by atoms with Crippen LogP contribution >= 0.6 is 43.2 Å². The van der Waals surface area contributed by atoms with Gasteiger partial charge in [0.2, 0.25) is 0 Å². The third-order valence-electron chi connectivity index (χ3n) is 2.60. The molecule has 0 radical (unpaired) electrons. The molecule has 0 aliphatic rings. The second-order valence-corrected chi connectivity index (χ2v) is 6.26. The fourth-order valence-corrected chi connectivity index (χ4v) is 4.30. The molecular formula is C12H7Br2NS. The molecule has 0 amide bonds. The van der Waals surface area contributed by atoms with Crippen LogP contribution in [0.3, 0.4) is 0 Å². The zero-order valence-corrected chi connectivity index (χ0v) is 12.1. The Labute approximate surface area is 114 Å². The summed E-state index contributed by atoms with van der Waals surface area (Å²) in [6.45, 7) is 0. The van der Waals surface area contributed by atoms with E-state index >= 15 is 0 Å². The Morgan fingerprint density at radius 2 is 1.81 bits per heavy atom. The third kappa shape index (κ3) is 1.40. The Morgan fingerprint density at radius 1 is 1.06 bits per heavy atom. The lowest BCUT2D eigenvalue weighted by Gasteiger charge is -2.02. The predicted molar refractivity (Wildman–Crippen MR) is 79.1 cm³/mol. The van der Waals surface area contributed by atoms with Crippen LogP contribution in [0.1, 0.15) is 0 Å². The van der Waals surface area contributed by atoms with Crippen LogP contribution in [0.5, 0.6) is 0 Å². The first-order chi connectivity index (χ1) is 7.68. The number of thiophene rings is 1. The molecule has 0 spiro atoms. The van der Waals surface area contributed by atoms with Gasteiger partial charge in [-0.05, 0) is 44.0 Å². The average Bonchev–Trinajstić information content (AvgIpc) is 2.65. The SMILES string of the molecule is Nc1c(Br)cc2c(sc3ccccc32)c1Br. The number of benzene rings is 2. The first-order valence-corrected chi connectivity index (χ1v) is 7.13. The maximum absolute atomic E-state index is 5.98. The van der Waals surface area contributed by atoms with Gasteiger partial charge in [-0.25, -0.2) is 0 Å². The van der Waals surface area contributed by atoms with Crippen molar-refractivity contribution in [1.82, 2.24) is 0 Å². The highest BCUT2D eigenvalue weighted by molar-refractivity contribution is 9.11. The van der Waals surface area contributed by atoms with E-state index in [2.05, 4.69) is 62.2 Å². The summed E-state index contributed by atoms with van der Waals surface area (Å²) < 4.78 is 4.42. The zero-order chi connectivity index (χ0) is 11.3. The van der Waals surface area contributed by atoms with Crippen LogP contribution in [0.2, 0.25) is 0 Å². The van der Waals surface area contributed by atoms with Crippen molar-refractivity contribution in [2.75, 3.05) is 5.73 Å². The van der Waals surface area contributed by atoms with Crippen molar-refractivity contribution in [1.29, 1.82) is 0 Å². The lowest BCUT2D eigenvalue weighted by atomic mass is 10.1. The van der Waals surface area contributed by atoms with Gasteiger partial charge in [0.15, 0.2) is 0 Å². The highest BCUT2D eigenvalue weighted by Crippen LogP contribution is 2.43. The van der Waals surface area contributed by atoms with Crippen LogP contribution in [0.4, 0.5) is 5.69 Å². The molecule has 16 heavy (non-hydrogen) atoms. The average molecular weight is 357 g/mol. The van der Waals surface area contributed by atoms with Gasteiger partial charge in [-0.2, -0.15) is 0 Å². The Balaban J connectivity index is 2.60. The maximum atomic E-state index is 5.98. The van der Waals surface area contributed by atoms with E-state index in [0.717, 1.165) is 14.6 Å². The molecule has 0 aliphatic carbocycles. The normalized spacial score (nSPS) is 11.4. The van der Waals surface area contributed by atoms with Gasteiger partial charge in [-0.15, -0.1) is 11.3 Å². The molecule has 0 aliphatic heterocycles. The fourth-order valence-electron chi connectivity index (χ4n) is 1.80. The minimum absolute atomic E-state index is 0.763. The topological polar surface area (TPSA) is 26.0 Å². The van der Waals surface area contributed by atoms with Gasteiger partial charge >= 0.3 is 0 Å². The minimum atomic E-state index is 0.763. The van der Waals surface area contributed by atoms with Gasteiger partial charge in [-0.1, -0.05) is 18.2 Å². The van der Waals surface area contributed by atoms with Crippen molar-refractivity contribution >= 4 is 69.1 Å². The van der Waals surface area contributed by atoms with Crippen LogP contribution in [0, 0.1) is 0 Å². The summed E-state index contributed by atoms with van der Waals surface area (Å²) in [5.41, 5.74) is 6.75. The Hall–Kier alpha value is -0.580. The van der Waals surface area contributed by atoms with Crippen LogP contribution in [0.25, 0.3) is 20.2 Å². The van der Waals surface area contributed by atoms with Crippen molar-refractivity contribution in [2.45, 2.75) is 0 Å².